The Hall–Kier alpha value is -1.52. The Bertz CT molecular complexity index is 517. The molecule has 5 heteroatoms. The van der Waals surface area contributed by atoms with Gasteiger partial charge in [-0.25, -0.2) is 4.79 Å². The highest BCUT2D eigenvalue weighted by Gasteiger charge is 2.34. The first-order valence-electron chi connectivity index (χ1n) is 6.16. The standard InChI is InChI=1S/C12H19N3O2/c1-3-8-4-5-9(7(8)2)15-10(13)6-11(16)14-12(15)17/h6-9H,3-5,13H2,1-2H3,(H,14,16,17). The minimum Gasteiger partial charge on any atom is -0.385 e. The van der Waals surface area contributed by atoms with Crippen molar-refractivity contribution in [2.45, 2.75) is 39.2 Å². The van der Waals surface area contributed by atoms with Gasteiger partial charge in [0, 0.05) is 12.1 Å². The number of anilines is 1. The third kappa shape index (κ3) is 2.01. The first-order chi connectivity index (χ1) is 8.04. The van der Waals surface area contributed by atoms with Gasteiger partial charge in [-0.1, -0.05) is 20.3 Å². The van der Waals surface area contributed by atoms with E-state index in [-0.39, 0.29) is 17.5 Å². The van der Waals surface area contributed by atoms with Crippen molar-refractivity contribution < 1.29 is 0 Å². The number of aromatic nitrogens is 2. The van der Waals surface area contributed by atoms with Crippen molar-refractivity contribution in [2.75, 3.05) is 5.73 Å². The lowest BCUT2D eigenvalue weighted by Crippen LogP contribution is -2.35. The number of H-pyrrole nitrogens is 1. The van der Waals surface area contributed by atoms with Crippen LogP contribution in [0.2, 0.25) is 0 Å². The third-order valence-electron chi connectivity index (χ3n) is 4.05. The molecule has 1 aromatic heterocycles. The van der Waals surface area contributed by atoms with E-state index in [0.717, 1.165) is 19.3 Å². The van der Waals surface area contributed by atoms with Crippen LogP contribution in [0, 0.1) is 11.8 Å². The van der Waals surface area contributed by atoms with E-state index in [4.69, 9.17) is 5.73 Å². The molecule has 3 atom stereocenters. The maximum absolute atomic E-state index is 11.8. The van der Waals surface area contributed by atoms with Crippen LogP contribution in [0.5, 0.6) is 0 Å². The fourth-order valence-electron chi connectivity index (χ4n) is 3.03. The second kappa shape index (κ2) is 4.39. The lowest BCUT2D eigenvalue weighted by molar-refractivity contribution is 0.324. The van der Waals surface area contributed by atoms with Gasteiger partial charge in [0.05, 0.1) is 0 Å². The van der Waals surface area contributed by atoms with Crippen molar-refractivity contribution in [2.24, 2.45) is 11.8 Å². The Kier molecular flexibility index (Phi) is 3.09. The molecule has 17 heavy (non-hydrogen) atoms. The van der Waals surface area contributed by atoms with E-state index in [9.17, 15) is 9.59 Å². The van der Waals surface area contributed by atoms with E-state index in [2.05, 4.69) is 18.8 Å². The summed E-state index contributed by atoms with van der Waals surface area (Å²) >= 11 is 0. The number of aromatic amines is 1. The van der Waals surface area contributed by atoms with Gasteiger partial charge < -0.3 is 5.73 Å². The van der Waals surface area contributed by atoms with Gasteiger partial charge in [0.1, 0.15) is 5.82 Å². The normalized spacial score (nSPS) is 28.5. The smallest absolute Gasteiger partial charge is 0.330 e. The van der Waals surface area contributed by atoms with Crippen LogP contribution in [0.15, 0.2) is 15.7 Å². The van der Waals surface area contributed by atoms with Gasteiger partial charge in [-0.2, -0.15) is 0 Å². The van der Waals surface area contributed by atoms with Crippen LogP contribution < -0.4 is 17.0 Å². The van der Waals surface area contributed by atoms with Crippen molar-refractivity contribution in [3.05, 3.63) is 26.9 Å². The predicted molar refractivity (Wildman–Crippen MR) is 67.0 cm³/mol. The van der Waals surface area contributed by atoms with Crippen molar-refractivity contribution >= 4 is 5.82 Å². The third-order valence-corrected chi connectivity index (χ3v) is 4.05. The molecule has 0 aliphatic heterocycles. The summed E-state index contributed by atoms with van der Waals surface area (Å²) in [7, 11) is 0. The summed E-state index contributed by atoms with van der Waals surface area (Å²) in [5.41, 5.74) is 4.98. The molecule has 5 nitrogen and oxygen atoms in total. The Morgan fingerprint density at radius 3 is 2.71 bits per heavy atom. The zero-order chi connectivity index (χ0) is 12.6. The van der Waals surface area contributed by atoms with Gasteiger partial charge in [-0.05, 0) is 24.7 Å². The molecule has 1 saturated carbocycles. The number of nitrogens with one attached hydrogen (secondary N) is 1. The Labute approximate surface area is 99.7 Å². The molecule has 0 saturated heterocycles. The van der Waals surface area contributed by atoms with Crippen LogP contribution >= 0.6 is 0 Å². The first kappa shape index (κ1) is 12.0. The predicted octanol–water partition coefficient (Wildman–Crippen LogP) is 1.12. The summed E-state index contributed by atoms with van der Waals surface area (Å²) in [5.74, 6) is 1.33. The molecule has 0 bridgehead atoms. The molecule has 1 aromatic rings. The average molecular weight is 237 g/mol. The lowest BCUT2D eigenvalue weighted by Gasteiger charge is -2.22. The number of nitrogens with two attached hydrogens (primary N) is 1. The van der Waals surface area contributed by atoms with Crippen molar-refractivity contribution in [1.82, 2.24) is 9.55 Å². The highest BCUT2D eigenvalue weighted by molar-refractivity contribution is 5.27. The van der Waals surface area contributed by atoms with Crippen molar-refractivity contribution in [1.29, 1.82) is 0 Å². The second-order valence-corrected chi connectivity index (χ2v) is 4.91. The van der Waals surface area contributed by atoms with Crippen LogP contribution in [-0.2, 0) is 0 Å². The van der Waals surface area contributed by atoms with Crippen LogP contribution in [0.3, 0.4) is 0 Å². The summed E-state index contributed by atoms with van der Waals surface area (Å²) in [4.78, 5) is 25.2. The van der Waals surface area contributed by atoms with E-state index in [1.165, 1.54) is 6.07 Å². The minimum atomic E-state index is -0.429. The maximum Gasteiger partial charge on any atom is 0.330 e. The Balaban J connectivity index is 2.42. The van der Waals surface area contributed by atoms with Gasteiger partial charge in [-0.15, -0.1) is 0 Å². The molecular weight excluding hydrogens is 218 g/mol. The molecule has 0 aromatic carbocycles. The molecule has 1 heterocycles. The number of hydrogen-bond acceptors (Lipinski definition) is 3. The van der Waals surface area contributed by atoms with Crippen LogP contribution in [0.4, 0.5) is 5.82 Å². The molecule has 0 spiro atoms. The molecule has 1 aliphatic rings. The maximum atomic E-state index is 11.8. The number of rotatable bonds is 2. The van der Waals surface area contributed by atoms with E-state index in [1.54, 1.807) is 4.57 Å². The summed E-state index contributed by atoms with van der Waals surface area (Å²) in [5, 5.41) is 0. The fourth-order valence-corrected chi connectivity index (χ4v) is 3.03. The fraction of sp³-hybridized carbons (Fsp3) is 0.667. The first-order valence-corrected chi connectivity index (χ1v) is 6.16. The molecule has 1 aliphatic carbocycles. The second-order valence-electron chi connectivity index (χ2n) is 4.91. The molecule has 94 valence electrons. The summed E-state index contributed by atoms with van der Waals surface area (Å²) in [6, 6.07) is 1.40. The van der Waals surface area contributed by atoms with Gasteiger partial charge in [0.15, 0.2) is 0 Å². The van der Waals surface area contributed by atoms with Crippen molar-refractivity contribution in [3.8, 4) is 0 Å². The van der Waals surface area contributed by atoms with Gasteiger partial charge in [-0.3, -0.25) is 14.3 Å². The summed E-state index contributed by atoms with van der Waals surface area (Å²) < 4.78 is 1.54. The van der Waals surface area contributed by atoms with E-state index in [1.807, 2.05) is 0 Å². The lowest BCUT2D eigenvalue weighted by atomic mass is 9.93. The van der Waals surface area contributed by atoms with Gasteiger partial charge in [0.25, 0.3) is 5.56 Å². The number of hydrogen-bond donors (Lipinski definition) is 2. The van der Waals surface area contributed by atoms with Crippen LogP contribution in [0.25, 0.3) is 0 Å². The topological polar surface area (TPSA) is 80.9 Å². The molecule has 0 amide bonds. The quantitative estimate of drug-likeness (QED) is 0.808. The molecule has 3 N–H and O–H groups in total. The summed E-state index contributed by atoms with van der Waals surface area (Å²) in [6.45, 7) is 4.32. The zero-order valence-corrected chi connectivity index (χ0v) is 10.3. The molecule has 2 rings (SSSR count). The van der Waals surface area contributed by atoms with E-state index in [0.29, 0.717) is 11.8 Å². The van der Waals surface area contributed by atoms with Crippen LogP contribution in [-0.4, -0.2) is 9.55 Å². The minimum absolute atomic E-state index is 0.115. The van der Waals surface area contributed by atoms with Gasteiger partial charge in [0.2, 0.25) is 0 Å². The highest BCUT2D eigenvalue weighted by atomic mass is 16.2. The van der Waals surface area contributed by atoms with E-state index < -0.39 is 5.56 Å². The van der Waals surface area contributed by atoms with Gasteiger partial charge >= 0.3 is 5.69 Å². The molecule has 1 fully saturated rings. The highest BCUT2D eigenvalue weighted by Crippen LogP contribution is 2.41. The number of nitrogen functional groups attached to an aromatic ring is 1. The zero-order valence-electron chi connectivity index (χ0n) is 10.3. The Morgan fingerprint density at radius 1 is 1.47 bits per heavy atom. The average Bonchev–Trinajstić information content (AvgIpc) is 2.59. The number of nitrogens with zero attached hydrogens (tertiary/aromatic N) is 1. The molecule has 0 radical (unpaired) electrons. The molecular formula is C12H19N3O2. The van der Waals surface area contributed by atoms with Crippen molar-refractivity contribution in [3.63, 3.8) is 0 Å². The summed E-state index contributed by atoms with van der Waals surface area (Å²) in [6.07, 6.45) is 3.19. The SMILES string of the molecule is CCC1CCC(n2c(N)cc(=O)[nH]c2=O)C1C. The van der Waals surface area contributed by atoms with Crippen LogP contribution in [0.1, 0.15) is 39.2 Å². The monoisotopic (exact) mass is 237 g/mol. The molecule has 3 unspecified atom stereocenters. The van der Waals surface area contributed by atoms with E-state index >= 15 is 0 Å². The Morgan fingerprint density at radius 2 is 2.18 bits per heavy atom. The largest absolute Gasteiger partial charge is 0.385 e.